The van der Waals surface area contributed by atoms with Crippen LogP contribution in [0, 0.1) is 5.82 Å². The monoisotopic (exact) mass is 287 g/mol. The van der Waals surface area contributed by atoms with Crippen molar-refractivity contribution in [3.63, 3.8) is 0 Å². The van der Waals surface area contributed by atoms with E-state index in [2.05, 4.69) is 22.2 Å². The van der Waals surface area contributed by atoms with E-state index >= 15 is 0 Å². The van der Waals surface area contributed by atoms with Crippen LogP contribution >= 0.6 is 0 Å². The Morgan fingerprint density at radius 3 is 3.05 bits per heavy atom. The largest absolute Gasteiger partial charge is 0.313 e. The molecule has 0 radical (unpaired) electrons. The Bertz CT molecular complexity index is 608. The van der Waals surface area contributed by atoms with Gasteiger partial charge in [0, 0.05) is 30.7 Å². The number of piperidine rings is 1. The summed E-state index contributed by atoms with van der Waals surface area (Å²) in [7, 11) is 2.12. The third kappa shape index (κ3) is 3.39. The molecule has 3 rings (SSSR count). The maximum Gasteiger partial charge on any atom is 0.132 e. The quantitative estimate of drug-likeness (QED) is 0.937. The van der Waals surface area contributed by atoms with E-state index < -0.39 is 0 Å². The minimum absolute atomic E-state index is 0.196. The number of likely N-dealkylation sites (N-methyl/N-ethyl adjacent to an activating group) is 1. The summed E-state index contributed by atoms with van der Waals surface area (Å²) in [6.45, 7) is 2.94. The van der Waals surface area contributed by atoms with Gasteiger partial charge in [0.15, 0.2) is 0 Å². The molecule has 0 spiro atoms. The van der Waals surface area contributed by atoms with Gasteiger partial charge < -0.3 is 10.2 Å². The zero-order chi connectivity index (χ0) is 14.7. The number of halogens is 1. The van der Waals surface area contributed by atoms with Crippen LogP contribution in [0.3, 0.4) is 0 Å². The fourth-order valence-corrected chi connectivity index (χ4v) is 3.14. The maximum absolute atomic E-state index is 13.8. The summed E-state index contributed by atoms with van der Waals surface area (Å²) in [4.78, 5) is 6.66. The molecule has 3 nitrogen and oxygen atoms in total. The lowest BCUT2D eigenvalue weighted by atomic mass is 10.0. The van der Waals surface area contributed by atoms with Gasteiger partial charge in [-0.3, -0.25) is 4.98 Å². The van der Waals surface area contributed by atoms with Crippen molar-refractivity contribution in [2.75, 3.05) is 20.1 Å². The number of aromatic nitrogens is 1. The van der Waals surface area contributed by atoms with E-state index in [9.17, 15) is 4.39 Å². The molecule has 0 amide bonds. The van der Waals surface area contributed by atoms with Gasteiger partial charge in [-0.25, -0.2) is 4.39 Å². The number of benzene rings is 1. The number of pyridine rings is 1. The summed E-state index contributed by atoms with van der Waals surface area (Å²) in [6, 6.07) is 7.55. The van der Waals surface area contributed by atoms with Crippen molar-refractivity contribution in [2.45, 2.75) is 31.8 Å². The molecule has 1 fully saturated rings. The van der Waals surface area contributed by atoms with Crippen LogP contribution < -0.4 is 5.32 Å². The lowest BCUT2D eigenvalue weighted by Gasteiger charge is -2.28. The molecule has 2 heterocycles. The Morgan fingerprint density at radius 2 is 2.24 bits per heavy atom. The molecular weight excluding hydrogens is 265 g/mol. The number of hydrogen-bond acceptors (Lipinski definition) is 3. The molecule has 0 bridgehead atoms. The zero-order valence-electron chi connectivity index (χ0n) is 12.5. The van der Waals surface area contributed by atoms with Gasteiger partial charge in [-0.15, -0.1) is 0 Å². The topological polar surface area (TPSA) is 28.2 Å². The summed E-state index contributed by atoms with van der Waals surface area (Å²) in [5, 5.41) is 4.18. The molecule has 1 N–H and O–H groups in total. The first-order valence-corrected chi connectivity index (χ1v) is 7.68. The molecule has 1 aliphatic heterocycles. The number of nitrogens with one attached hydrogen (secondary N) is 1. The highest BCUT2D eigenvalue weighted by molar-refractivity contribution is 5.82. The number of hydrogen-bond donors (Lipinski definition) is 1. The van der Waals surface area contributed by atoms with Crippen LogP contribution in [0.1, 0.15) is 24.8 Å². The normalized spacial score (nSPS) is 19.3. The lowest BCUT2D eigenvalue weighted by molar-refractivity contribution is 0.257. The fraction of sp³-hybridized carbons (Fsp3) is 0.471. The third-order valence-corrected chi connectivity index (χ3v) is 4.18. The lowest BCUT2D eigenvalue weighted by Crippen LogP contribution is -2.42. The smallest absolute Gasteiger partial charge is 0.132 e. The average Bonchev–Trinajstić information content (AvgIpc) is 2.51. The van der Waals surface area contributed by atoms with Crippen molar-refractivity contribution >= 4 is 10.9 Å². The van der Waals surface area contributed by atoms with Gasteiger partial charge in [0.25, 0.3) is 0 Å². The summed E-state index contributed by atoms with van der Waals surface area (Å²) in [5.74, 6) is -0.196. The Kier molecular flexibility index (Phi) is 4.46. The maximum atomic E-state index is 13.8. The first-order chi connectivity index (χ1) is 10.2. The average molecular weight is 287 g/mol. The van der Waals surface area contributed by atoms with Crippen LogP contribution in [0.2, 0.25) is 0 Å². The van der Waals surface area contributed by atoms with Crippen molar-refractivity contribution in [2.24, 2.45) is 0 Å². The van der Waals surface area contributed by atoms with Gasteiger partial charge in [0.2, 0.25) is 0 Å². The molecule has 0 saturated carbocycles. The predicted molar refractivity (Wildman–Crippen MR) is 83.7 cm³/mol. The SMILES string of the molecule is CN(Cc1ccc(F)c2cccnc12)CC1CCCCN1. The third-order valence-electron chi connectivity index (χ3n) is 4.18. The van der Waals surface area contributed by atoms with Crippen molar-refractivity contribution < 1.29 is 4.39 Å². The zero-order valence-corrected chi connectivity index (χ0v) is 12.5. The van der Waals surface area contributed by atoms with E-state index in [-0.39, 0.29) is 5.82 Å². The van der Waals surface area contributed by atoms with Crippen molar-refractivity contribution in [3.8, 4) is 0 Å². The molecular formula is C17H22FN3. The minimum atomic E-state index is -0.196. The number of rotatable bonds is 4. The van der Waals surface area contributed by atoms with Gasteiger partial charge >= 0.3 is 0 Å². The molecule has 2 aromatic rings. The molecule has 21 heavy (non-hydrogen) atoms. The van der Waals surface area contributed by atoms with E-state index in [0.717, 1.165) is 30.7 Å². The highest BCUT2D eigenvalue weighted by Gasteiger charge is 2.15. The standard InChI is InChI=1S/C17H22FN3/c1-21(12-14-5-2-3-9-19-14)11-13-7-8-16(18)15-6-4-10-20-17(13)15/h4,6-8,10,14,19H,2-3,5,9,11-12H2,1H3. The molecule has 1 aromatic heterocycles. The van der Waals surface area contributed by atoms with Gasteiger partial charge in [-0.05, 0) is 50.2 Å². The highest BCUT2D eigenvalue weighted by atomic mass is 19.1. The Morgan fingerprint density at radius 1 is 1.33 bits per heavy atom. The number of nitrogens with zero attached hydrogens (tertiary/aromatic N) is 2. The van der Waals surface area contributed by atoms with Crippen LogP contribution in [0.25, 0.3) is 10.9 Å². The highest BCUT2D eigenvalue weighted by Crippen LogP contribution is 2.21. The molecule has 1 saturated heterocycles. The van der Waals surface area contributed by atoms with Crippen LogP contribution in [-0.2, 0) is 6.54 Å². The summed E-state index contributed by atoms with van der Waals surface area (Å²) in [5.41, 5.74) is 1.87. The molecule has 1 atom stereocenters. The molecule has 112 valence electrons. The molecule has 4 heteroatoms. The number of fused-ring (bicyclic) bond motifs is 1. The summed E-state index contributed by atoms with van der Waals surface area (Å²) >= 11 is 0. The van der Waals surface area contributed by atoms with E-state index in [1.165, 1.54) is 19.3 Å². The first kappa shape index (κ1) is 14.4. The second-order valence-corrected chi connectivity index (χ2v) is 5.95. The van der Waals surface area contributed by atoms with Gasteiger partial charge in [0.05, 0.1) is 5.52 Å². The van der Waals surface area contributed by atoms with Crippen molar-refractivity contribution in [1.82, 2.24) is 15.2 Å². The summed E-state index contributed by atoms with van der Waals surface area (Å²) < 4.78 is 13.8. The molecule has 1 unspecified atom stereocenters. The van der Waals surface area contributed by atoms with Gasteiger partial charge in [-0.1, -0.05) is 12.5 Å². The predicted octanol–water partition coefficient (Wildman–Crippen LogP) is 2.95. The van der Waals surface area contributed by atoms with Crippen LogP contribution in [0.15, 0.2) is 30.5 Å². The second-order valence-electron chi connectivity index (χ2n) is 5.95. The van der Waals surface area contributed by atoms with E-state index in [0.29, 0.717) is 11.4 Å². The molecule has 0 aliphatic carbocycles. The fourth-order valence-electron chi connectivity index (χ4n) is 3.14. The van der Waals surface area contributed by atoms with Gasteiger partial charge in [-0.2, -0.15) is 0 Å². The summed E-state index contributed by atoms with van der Waals surface area (Å²) in [6.07, 6.45) is 5.57. The van der Waals surface area contributed by atoms with Crippen LogP contribution in [0.4, 0.5) is 4.39 Å². The Balaban J connectivity index is 1.73. The van der Waals surface area contributed by atoms with Crippen molar-refractivity contribution in [1.29, 1.82) is 0 Å². The Hall–Kier alpha value is -1.52. The Labute approximate surface area is 125 Å². The van der Waals surface area contributed by atoms with Crippen molar-refractivity contribution in [3.05, 3.63) is 41.8 Å². The van der Waals surface area contributed by atoms with E-state index in [1.54, 1.807) is 24.4 Å². The van der Waals surface area contributed by atoms with Crippen LogP contribution in [-0.4, -0.2) is 36.1 Å². The minimum Gasteiger partial charge on any atom is -0.313 e. The van der Waals surface area contributed by atoms with Gasteiger partial charge in [0.1, 0.15) is 5.82 Å². The second kappa shape index (κ2) is 6.50. The first-order valence-electron chi connectivity index (χ1n) is 7.68. The van der Waals surface area contributed by atoms with E-state index in [4.69, 9.17) is 0 Å². The van der Waals surface area contributed by atoms with E-state index in [1.807, 2.05) is 6.07 Å². The molecule has 1 aliphatic rings. The molecule has 1 aromatic carbocycles. The van der Waals surface area contributed by atoms with Crippen LogP contribution in [0.5, 0.6) is 0 Å².